The number of amides is 1. The number of nitrogens with zero attached hydrogens (tertiary/aromatic N) is 2. The molecule has 3 N–H and O–H groups in total. The number of sulfonamides is 1. The van der Waals surface area contributed by atoms with Crippen LogP contribution in [0.25, 0.3) is 22.0 Å². The second-order valence-electron chi connectivity index (χ2n) is 10.8. The smallest absolute Gasteiger partial charge is 0.250 e. The summed E-state index contributed by atoms with van der Waals surface area (Å²) in [5, 5.41) is 0.991. The van der Waals surface area contributed by atoms with Crippen LogP contribution in [0.1, 0.15) is 67.8 Å². The number of primary amides is 1. The number of carbonyl (C=O) groups is 1. The van der Waals surface area contributed by atoms with Crippen molar-refractivity contribution in [1.82, 2.24) is 14.2 Å². The number of carbonyl (C=O) groups excluding carboxylic acids is 1. The van der Waals surface area contributed by atoms with Gasteiger partial charge in [-0.2, -0.15) is 0 Å². The highest BCUT2D eigenvalue weighted by Gasteiger charge is 2.31. The number of likely N-dealkylation sites (tertiary alicyclic amines) is 1. The zero-order chi connectivity index (χ0) is 26.2. The van der Waals surface area contributed by atoms with Crippen LogP contribution < -0.4 is 5.73 Å². The first-order chi connectivity index (χ1) is 17.7. The fourth-order valence-electron chi connectivity index (χ4n) is 6.28. The molecule has 2 aliphatic rings. The molecule has 2 atom stereocenters. The topological polar surface area (TPSA) is 99.5 Å². The summed E-state index contributed by atoms with van der Waals surface area (Å²) in [6.07, 6.45) is 6.56. The number of nitrogens with two attached hydrogens (primary N) is 1. The highest BCUT2D eigenvalue weighted by atomic mass is 32.2. The van der Waals surface area contributed by atoms with Gasteiger partial charge >= 0.3 is 0 Å². The molecule has 2 fully saturated rings. The van der Waals surface area contributed by atoms with Crippen LogP contribution in [0, 0.1) is 0 Å². The van der Waals surface area contributed by atoms with Gasteiger partial charge in [0, 0.05) is 36.8 Å². The SMILES string of the molecule is CC1CC[C@@H](C)N1CCCS(=O)(=O)N1CCC(c2c[nH]c3c(C(N)=O)cc(-c4ccccc4)cc23)CC1. The lowest BCUT2D eigenvalue weighted by Crippen LogP contribution is -2.40. The number of hydrogen-bond acceptors (Lipinski definition) is 4. The Morgan fingerprint density at radius 2 is 1.68 bits per heavy atom. The first kappa shape index (κ1) is 25.9. The highest BCUT2D eigenvalue weighted by Crippen LogP contribution is 2.37. The summed E-state index contributed by atoms with van der Waals surface area (Å²) in [6, 6.07) is 15.0. The van der Waals surface area contributed by atoms with E-state index in [1.54, 1.807) is 4.31 Å². The molecule has 37 heavy (non-hydrogen) atoms. The maximum atomic E-state index is 13.1. The van der Waals surface area contributed by atoms with Crippen LogP contribution in [0.4, 0.5) is 0 Å². The Balaban J connectivity index is 1.29. The Bertz CT molecular complexity index is 1350. The van der Waals surface area contributed by atoms with Gasteiger partial charge < -0.3 is 10.7 Å². The van der Waals surface area contributed by atoms with Crippen molar-refractivity contribution in [3.05, 3.63) is 59.8 Å². The van der Waals surface area contributed by atoms with Crippen LogP contribution in [-0.2, 0) is 10.0 Å². The molecule has 0 aliphatic carbocycles. The number of nitrogens with one attached hydrogen (secondary N) is 1. The summed E-state index contributed by atoms with van der Waals surface area (Å²) in [4.78, 5) is 18.0. The molecule has 1 aromatic heterocycles. The summed E-state index contributed by atoms with van der Waals surface area (Å²) < 4.78 is 27.9. The van der Waals surface area contributed by atoms with Crippen molar-refractivity contribution in [2.24, 2.45) is 5.73 Å². The number of benzene rings is 2. The van der Waals surface area contributed by atoms with E-state index in [9.17, 15) is 13.2 Å². The van der Waals surface area contributed by atoms with E-state index in [4.69, 9.17) is 5.73 Å². The van der Waals surface area contributed by atoms with E-state index in [0.717, 1.165) is 47.0 Å². The predicted molar refractivity (Wildman–Crippen MR) is 149 cm³/mol. The molecule has 198 valence electrons. The normalized spacial score (nSPS) is 22.1. The molecular weight excluding hydrogens is 484 g/mol. The third kappa shape index (κ3) is 5.33. The molecule has 0 bridgehead atoms. The molecule has 3 aromatic rings. The Kier molecular flexibility index (Phi) is 7.43. The minimum absolute atomic E-state index is 0.211. The van der Waals surface area contributed by atoms with Crippen molar-refractivity contribution < 1.29 is 13.2 Å². The lowest BCUT2D eigenvalue weighted by Gasteiger charge is -2.32. The fourth-order valence-corrected chi connectivity index (χ4v) is 7.79. The van der Waals surface area contributed by atoms with Crippen LogP contribution >= 0.6 is 0 Å². The second kappa shape index (κ2) is 10.6. The number of piperidine rings is 1. The molecule has 2 aliphatic heterocycles. The monoisotopic (exact) mass is 522 g/mol. The summed E-state index contributed by atoms with van der Waals surface area (Å²) in [6.45, 7) is 6.37. The number of aromatic nitrogens is 1. The van der Waals surface area contributed by atoms with Gasteiger partial charge in [-0.05, 0) is 87.2 Å². The third-order valence-electron chi connectivity index (χ3n) is 8.43. The van der Waals surface area contributed by atoms with Gasteiger partial charge in [0.1, 0.15) is 0 Å². The number of H-pyrrole nitrogens is 1. The summed E-state index contributed by atoms with van der Waals surface area (Å²) in [5.74, 6) is -0.0311. The molecule has 8 heteroatoms. The Hall–Kier alpha value is -2.68. The van der Waals surface area contributed by atoms with Gasteiger partial charge in [-0.25, -0.2) is 12.7 Å². The van der Waals surface area contributed by atoms with Gasteiger partial charge in [0.25, 0.3) is 5.91 Å². The minimum Gasteiger partial charge on any atom is -0.366 e. The maximum absolute atomic E-state index is 13.1. The average molecular weight is 523 g/mol. The van der Waals surface area contributed by atoms with Crippen molar-refractivity contribution in [3.8, 4) is 11.1 Å². The molecule has 2 saturated heterocycles. The van der Waals surface area contributed by atoms with Crippen LogP contribution in [0.2, 0.25) is 0 Å². The molecular formula is C29H38N4O3S. The van der Waals surface area contributed by atoms with Crippen molar-refractivity contribution in [2.75, 3.05) is 25.4 Å². The highest BCUT2D eigenvalue weighted by molar-refractivity contribution is 7.89. The third-order valence-corrected chi connectivity index (χ3v) is 10.4. The summed E-state index contributed by atoms with van der Waals surface area (Å²) in [7, 11) is -3.27. The van der Waals surface area contributed by atoms with Crippen LogP contribution in [-0.4, -0.2) is 66.0 Å². The fraction of sp³-hybridized carbons (Fsp3) is 0.483. The average Bonchev–Trinajstić information content (AvgIpc) is 3.47. The van der Waals surface area contributed by atoms with E-state index in [2.05, 4.69) is 29.8 Å². The van der Waals surface area contributed by atoms with Gasteiger partial charge in [-0.15, -0.1) is 0 Å². The molecule has 0 saturated carbocycles. The summed E-state index contributed by atoms with van der Waals surface area (Å²) >= 11 is 0. The molecule has 2 aromatic carbocycles. The van der Waals surface area contributed by atoms with Gasteiger partial charge in [0.2, 0.25) is 10.0 Å². The maximum Gasteiger partial charge on any atom is 0.250 e. The number of hydrogen-bond donors (Lipinski definition) is 2. The first-order valence-electron chi connectivity index (χ1n) is 13.5. The van der Waals surface area contributed by atoms with E-state index in [1.807, 2.05) is 42.6 Å². The van der Waals surface area contributed by atoms with E-state index in [1.165, 1.54) is 12.8 Å². The molecule has 7 nitrogen and oxygen atoms in total. The summed E-state index contributed by atoms with van der Waals surface area (Å²) in [5.41, 5.74) is 10.1. The van der Waals surface area contributed by atoms with Gasteiger partial charge in [0.05, 0.1) is 16.8 Å². The Morgan fingerprint density at radius 1 is 1.00 bits per heavy atom. The standard InChI is InChI=1S/C29H38N4O3S/c1-20-9-10-21(2)33(20)13-6-16-37(35,36)32-14-11-23(12-15-32)27-19-31-28-25(27)17-24(18-26(28)29(30)34)22-7-4-3-5-8-22/h3-5,7-8,17-21,23,31H,6,9-16H2,1-2H3,(H2,30,34)/t20-,21?/m1/s1. The van der Waals surface area contributed by atoms with Crippen molar-refractivity contribution in [1.29, 1.82) is 0 Å². The quantitative estimate of drug-likeness (QED) is 0.448. The van der Waals surface area contributed by atoms with E-state index in [0.29, 0.717) is 37.2 Å². The predicted octanol–water partition coefficient (Wildman–Crippen LogP) is 4.71. The van der Waals surface area contributed by atoms with Crippen molar-refractivity contribution in [2.45, 2.75) is 64.0 Å². The second-order valence-corrected chi connectivity index (χ2v) is 12.9. The lowest BCUT2D eigenvalue weighted by atomic mass is 9.88. The van der Waals surface area contributed by atoms with Crippen molar-refractivity contribution in [3.63, 3.8) is 0 Å². The largest absolute Gasteiger partial charge is 0.366 e. The Labute approximate surface area is 220 Å². The van der Waals surface area contributed by atoms with E-state index in [-0.39, 0.29) is 11.7 Å². The zero-order valence-corrected chi connectivity index (χ0v) is 22.6. The van der Waals surface area contributed by atoms with Gasteiger partial charge in [-0.3, -0.25) is 9.69 Å². The van der Waals surface area contributed by atoms with Crippen molar-refractivity contribution >= 4 is 26.8 Å². The van der Waals surface area contributed by atoms with Gasteiger partial charge in [-0.1, -0.05) is 30.3 Å². The molecule has 1 amide bonds. The molecule has 1 unspecified atom stereocenters. The van der Waals surface area contributed by atoms with E-state index < -0.39 is 15.9 Å². The molecule has 0 radical (unpaired) electrons. The lowest BCUT2D eigenvalue weighted by molar-refractivity contribution is 0.100. The van der Waals surface area contributed by atoms with E-state index >= 15 is 0 Å². The molecule has 0 spiro atoms. The zero-order valence-electron chi connectivity index (χ0n) is 21.8. The number of fused-ring (bicyclic) bond motifs is 1. The first-order valence-corrected chi connectivity index (χ1v) is 15.1. The number of aromatic amines is 1. The van der Waals surface area contributed by atoms with Crippen LogP contribution in [0.5, 0.6) is 0 Å². The minimum atomic E-state index is -3.27. The number of rotatable bonds is 8. The Morgan fingerprint density at radius 3 is 2.32 bits per heavy atom. The van der Waals surface area contributed by atoms with Crippen LogP contribution in [0.3, 0.4) is 0 Å². The molecule has 3 heterocycles. The van der Waals surface area contributed by atoms with Gasteiger partial charge in [0.15, 0.2) is 0 Å². The van der Waals surface area contributed by atoms with Crippen LogP contribution in [0.15, 0.2) is 48.7 Å². The molecule has 5 rings (SSSR count).